The number of aromatic hydroxyl groups is 1. The topological polar surface area (TPSA) is 70.3 Å². The molecule has 164 valence electrons. The second-order valence-electron chi connectivity index (χ2n) is 8.66. The molecule has 1 atom stereocenters. The molecule has 9 heteroatoms. The molecule has 1 aromatic carbocycles. The van der Waals surface area contributed by atoms with Gasteiger partial charge in [0.15, 0.2) is 17.2 Å². The third-order valence-electron chi connectivity index (χ3n) is 6.64. The number of fused-ring (bicyclic) bond motifs is 2. The first-order valence-electron chi connectivity index (χ1n) is 10.8. The Bertz CT molecular complexity index is 1370. The molecule has 1 N–H and O–H groups in total. The minimum Gasteiger partial charge on any atom is -0.504 e. The highest BCUT2D eigenvalue weighted by Gasteiger charge is 2.31. The quantitative estimate of drug-likeness (QED) is 0.507. The number of rotatable bonds is 3. The highest BCUT2D eigenvalue weighted by molar-refractivity contribution is 6.35. The van der Waals surface area contributed by atoms with Crippen molar-refractivity contribution in [3.05, 3.63) is 41.4 Å². The minimum absolute atomic E-state index is 0.116. The molecule has 5 heterocycles. The molecule has 0 spiro atoms. The van der Waals surface area contributed by atoms with Gasteiger partial charge in [-0.2, -0.15) is 5.10 Å². The van der Waals surface area contributed by atoms with Gasteiger partial charge >= 0.3 is 0 Å². The molecule has 2 fully saturated rings. The van der Waals surface area contributed by atoms with Crippen LogP contribution in [0.4, 0.5) is 10.1 Å². The molecule has 2 aliphatic rings. The van der Waals surface area contributed by atoms with E-state index in [0.717, 1.165) is 30.6 Å². The number of halogens is 2. The second kappa shape index (κ2) is 7.28. The lowest BCUT2D eigenvalue weighted by Gasteiger charge is -2.36. The molecule has 4 aromatic rings. The van der Waals surface area contributed by atoms with E-state index in [2.05, 4.69) is 24.9 Å². The number of benzene rings is 1. The lowest BCUT2D eigenvalue weighted by molar-refractivity contribution is 0.129. The van der Waals surface area contributed by atoms with Gasteiger partial charge in [-0.15, -0.1) is 0 Å². The van der Waals surface area contributed by atoms with Gasteiger partial charge in [-0.05, 0) is 44.1 Å². The summed E-state index contributed by atoms with van der Waals surface area (Å²) in [5.41, 5.74) is 2.23. The summed E-state index contributed by atoms with van der Waals surface area (Å²) in [5.74, 6) is -1.27. The van der Waals surface area contributed by atoms with Crippen molar-refractivity contribution in [1.29, 1.82) is 0 Å². The van der Waals surface area contributed by atoms with E-state index in [1.807, 2.05) is 12.3 Å². The number of phenolic OH excluding ortho intramolecular Hbond substituents is 1. The van der Waals surface area contributed by atoms with Crippen LogP contribution >= 0.6 is 11.6 Å². The Balaban J connectivity index is 1.37. The molecule has 2 saturated heterocycles. The summed E-state index contributed by atoms with van der Waals surface area (Å²) in [6, 6.07) is 5.94. The summed E-state index contributed by atoms with van der Waals surface area (Å²) >= 11 is 6.62. The number of hydrogen-bond acceptors (Lipinski definition) is 6. The molecular formula is C23H22ClFN6O. The van der Waals surface area contributed by atoms with Crippen LogP contribution in [0.3, 0.4) is 0 Å². The molecule has 0 saturated carbocycles. The molecule has 2 aliphatic heterocycles. The predicted molar refractivity (Wildman–Crippen MR) is 123 cm³/mol. The maximum Gasteiger partial charge on any atom is 0.193 e. The average Bonchev–Trinajstić information content (AvgIpc) is 3.36. The van der Waals surface area contributed by atoms with Crippen LogP contribution in [0, 0.1) is 5.82 Å². The summed E-state index contributed by atoms with van der Waals surface area (Å²) in [6.45, 7) is 4.39. The first-order chi connectivity index (χ1) is 15.5. The smallest absolute Gasteiger partial charge is 0.193 e. The maximum absolute atomic E-state index is 14.7. The molecule has 3 aromatic heterocycles. The van der Waals surface area contributed by atoms with Gasteiger partial charge in [-0.25, -0.2) is 14.4 Å². The fraction of sp³-hybridized carbons (Fsp3) is 0.348. The van der Waals surface area contributed by atoms with Crippen molar-refractivity contribution < 1.29 is 9.50 Å². The molecule has 0 bridgehead atoms. The normalized spacial score (nSPS) is 19.2. The zero-order chi connectivity index (χ0) is 22.0. The third kappa shape index (κ3) is 3.09. The number of hydrogen-bond donors (Lipinski definition) is 1. The number of pyridine rings is 2. The molecule has 1 unspecified atom stereocenters. The highest BCUT2D eigenvalue weighted by atomic mass is 35.5. The van der Waals surface area contributed by atoms with Crippen molar-refractivity contribution in [3.8, 4) is 17.0 Å². The van der Waals surface area contributed by atoms with E-state index in [-0.39, 0.29) is 11.1 Å². The molecule has 7 nitrogen and oxygen atoms in total. The SMILES string of the molecule is Cn1cc2cc(-c3cc(Cl)c4cc(N5CCC(N6CCC6)C5)cnc4n3)c(O)c(F)c2n1. The standard InChI is InChI=1S/C23H22ClFN6O/c1-29-11-13-7-17(22(32)20(25)21(13)28-29)19-9-18(24)16-8-15(10-26-23(16)27-19)31-6-3-14(12-31)30-4-2-5-30/h7-11,14,32H,2-6,12H2,1H3. The van der Waals surface area contributed by atoms with Crippen molar-refractivity contribution >= 4 is 39.2 Å². The van der Waals surface area contributed by atoms with Gasteiger partial charge in [0.1, 0.15) is 5.52 Å². The molecule has 0 radical (unpaired) electrons. The first kappa shape index (κ1) is 19.7. The van der Waals surface area contributed by atoms with Gasteiger partial charge in [0.25, 0.3) is 0 Å². The highest BCUT2D eigenvalue weighted by Crippen LogP contribution is 2.38. The third-order valence-corrected chi connectivity index (χ3v) is 6.95. The monoisotopic (exact) mass is 452 g/mol. The fourth-order valence-electron chi connectivity index (χ4n) is 4.78. The number of anilines is 1. The average molecular weight is 453 g/mol. The van der Waals surface area contributed by atoms with E-state index >= 15 is 0 Å². The predicted octanol–water partition coefficient (Wildman–Crippen LogP) is 3.97. The summed E-state index contributed by atoms with van der Waals surface area (Å²) in [5, 5.41) is 16.3. The van der Waals surface area contributed by atoms with Crippen molar-refractivity contribution in [1.82, 2.24) is 24.6 Å². The van der Waals surface area contributed by atoms with Crippen molar-refractivity contribution in [2.45, 2.75) is 18.9 Å². The Kier molecular flexibility index (Phi) is 4.48. The Morgan fingerprint density at radius 1 is 1.19 bits per heavy atom. The van der Waals surface area contributed by atoms with Crippen LogP contribution in [0.2, 0.25) is 5.02 Å². The number of likely N-dealkylation sites (tertiary alicyclic amines) is 1. The molecule has 6 rings (SSSR count). The Morgan fingerprint density at radius 2 is 2.03 bits per heavy atom. The molecule has 32 heavy (non-hydrogen) atoms. The number of aromatic nitrogens is 4. The van der Waals surface area contributed by atoms with Gasteiger partial charge in [0.2, 0.25) is 0 Å². The van der Waals surface area contributed by atoms with E-state index in [1.165, 1.54) is 24.2 Å². The van der Waals surface area contributed by atoms with Crippen LogP contribution in [0.1, 0.15) is 12.8 Å². The lowest BCUT2D eigenvalue weighted by atomic mass is 10.1. The van der Waals surface area contributed by atoms with E-state index in [4.69, 9.17) is 11.6 Å². The second-order valence-corrected chi connectivity index (χ2v) is 9.07. The van der Waals surface area contributed by atoms with Crippen LogP contribution in [-0.4, -0.2) is 62.0 Å². The van der Waals surface area contributed by atoms with E-state index in [1.54, 1.807) is 25.4 Å². The Labute approximate surface area is 189 Å². The van der Waals surface area contributed by atoms with Crippen LogP contribution in [0.15, 0.2) is 30.6 Å². The first-order valence-corrected chi connectivity index (χ1v) is 11.2. The Hall–Kier alpha value is -2.97. The summed E-state index contributed by atoms with van der Waals surface area (Å²) < 4.78 is 16.2. The summed E-state index contributed by atoms with van der Waals surface area (Å²) in [6.07, 6.45) is 5.96. The van der Waals surface area contributed by atoms with E-state index < -0.39 is 11.6 Å². The Morgan fingerprint density at radius 3 is 2.81 bits per heavy atom. The summed E-state index contributed by atoms with van der Waals surface area (Å²) in [4.78, 5) is 14.0. The van der Waals surface area contributed by atoms with Gasteiger partial charge in [-0.1, -0.05) is 11.6 Å². The number of nitrogens with zero attached hydrogens (tertiary/aromatic N) is 6. The van der Waals surface area contributed by atoms with E-state index in [9.17, 15) is 9.50 Å². The molecular weight excluding hydrogens is 431 g/mol. The van der Waals surface area contributed by atoms with E-state index in [0.29, 0.717) is 27.8 Å². The van der Waals surface area contributed by atoms with Crippen LogP contribution in [0.5, 0.6) is 5.75 Å². The minimum atomic E-state index is -0.773. The van der Waals surface area contributed by atoms with Crippen molar-refractivity contribution in [3.63, 3.8) is 0 Å². The van der Waals surface area contributed by atoms with Crippen LogP contribution < -0.4 is 4.90 Å². The zero-order valence-electron chi connectivity index (χ0n) is 17.6. The lowest BCUT2D eigenvalue weighted by Crippen LogP contribution is -2.46. The molecule has 0 aliphatic carbocycles. The summed E-state index contributed by atoms with van der Waals surface area (Å²) in [7, 11) is 1.70. The van der Waals surface area contributed by atoms with Gasteiger partial charge in [0.05, 0.1) is 22.6 Å². The van der Waals surface area contributed by atoms with Crippen LogP contribution in [-0.2, 0) is 7.05 Å². The number of aryl methyl sites for hydroxylation is 1. The largest absolute Gasteiger partial charge is 0.504 e. The zero-order valence-corrected chi connectivity index (χ0v) is 18.3. The van der Waals surface area contributed by atoms with Gasteiger partial charge < -0.3 is 10.0 Å². The van der Waals surface area contributed by atoms with Crippen molar-refractivity contribution in [2.24, 2.45) is 7.05 Å². The number of phenols is 1. The van der Waals surface area contributed by atoms with Crippen LogP contribution in [0.25, 0.3) is 33.2 Å². The van der Waals surface area contributed by atoms with Gasteiger partial charge in [-0.3, -0.25) is 9.58 Å². The fourth-order valence-corrected chi connectivity index (χ4v) is 5.02. The molecule has 0 amide bonds. The van der Waals surface area contributed by atoms with Gasteiger partial charge in [0, 0.05) is 48.7 Å². The maximum atomic E-state index is 14.7. The van der Waals surface area contributed by atoms with Crippen molar-refractivity contribution in [2.75, 3.05) is 31.1 Å².